The van der Waals surface area contributed by atoms with Crippen molar-refractivity contribution in [3.8, 4) is 5.95 Å². The third kappa shape index (κ3) is 2.26. The van der Waals surface area contributed by atoms with Crippen molar-refractivity contribution < 1.29 is 8.42 Å². The van der Waals surface area contributed by atoms with E-state index < -0.39 is 9.05 Å². The fraction of sp³-hybridized carbons (Fsp3) is 0.125. The number of aromatic nitrogens is 4. The largest absolute Gasteiger partial charge is 0.266 e. The number of nitrogens with zero attached hydrogens (tertiary/aromatic N) is 4. The van der Waals surface area contributed by atoms with Crippen LogP contribution in [0.15, 0.2) is 23.4 Å². The summed E-state index contributed by atoms with van der Waals surface area (Å²) in [5.74, 6) is 0.173. The lowest BCUT2D eigenvalue weighted by Crippen LogP contribution is -2.02. The molecule has 0 radical (unpaired) electrons. The molecule has 0 atom stereocenters. The van der Waals surface area contributed by atoms with E-state index in [1.54, 1.807) is 6.07 Å². The molecule has 90 valence electrons. The molecule has 0 aliphatic heterocycles. The second-order valence-electron chi connectivity index (χ2n) is 3.10. The van der Waals surface area contributed by atoms with Gasteiger partial charge in [0.15, 0.2) is 5.15 Å². The molecule has 0 bridgehead atoms. The summed E-state index contributed by atoms with van der Waals surface area (Å²) < 4.78 is 23.7. The molecular weight excluding hydrogens is 287 g/mol. The van der Waals surface area contributed by atoms with Gasteiger partial charge in [0, 0.05) is 23.1 Å². The first-order valence-electron chi connectivity index (χ1n) is 4.38. The molecule has 0 spiro atoms. The Bertz CT molecular complexity index is 654. The maximum absolute atomic E-state index is 11.3. The fourth-order valence-corrected chi connectivity index (χ4v) is 3.20. The normalized spacial score (nSPS) is 11.7. The molecule has 2 aromatic heterocycles. The van der Waals surface area contributed by atoms with Gasteiger partial charge in [0.05, 0.1) is 5.69 Å². The molecule has 0 aromatic carbocycles. The van der Waals surface area contributed by atoms with Crippen LogP contribution >= 0.6 is 22.3 Å². The van der Waals surface area contributed by atoms with E-state index in [-0.39, 0.29) is 21.7 Å². The Kier molecular flexibility index (Phi) is 3.07. The Morgan fingerprint density at radius 3 is 2.35 bits per heavy atom. The highest BCUT2D eigenvalue weighted by Gasteiger charge is 2.25. The van der Waals surface area contributed by atoms with E-state index in [2.05, 4.69) is 15.1 Å². The average Bonchev–Trinajstić information content (AvgIpc) is 2.54. The van der Waals surface area contributed by atoms with Crippen LogP contribution in [0.5, 0.6) is 0 Å². The second kappa shape index (κ2) is 4.25. The predicted molar refractivity (Wildman–Crippen MR) is 61.9 cm³/mol. The van der Waals surface area contributed by atoms with E-state index in [0.29, 0.717) is 0 Å². The number of hydrogen-bond donors (Lipinski definition) is 0. The zero-order valence-corrected chi connectivity index (χ0v) is 10.8. The SMILES string of the molecule is Cc1nn(-c2ncccn2)c(Cl)c1S(=O)(=O)Cl. The maximum atomic E-state index is 11.3. The number of rotatable bonds is 2. The molecule has 0 N–H and O–H groups in total. The fourth-order valence-electron chi connectivity index (χ4n) is 1.29. The summed E-state index contributed by atoms with van der Waals surface area (Å²) in [7, 11) is 1.31. The standard InChI is InChI=1S/C8H6Cl2N4O2S/c1-5-6(17(10,15)16)7(9)14(13-5)8-11-3-2-4-12-8/h2-4H,1H3. The molecule has 0 amide bonds. The maximum Gasteiger partial charge on any atom is 0.266 e. The molecule has 0 aliphatic carbocycles. The van der Waals surface area contributed by atoms with Gasteiger partial charge in [0.1, 0.15) is 4.90 Å². The van der Waals surface area contributed by atoms with Gasteiger partial charge in [-0.15, -0.1) is 0 Å². The molecular formula is C8H6Cl2N4O2S. The van der Waals surface area contributed by atoms with Gasteiger partial charge in [0.25, 0.3) is 15.0 Å². The molecule has 0 unspecified atom stereocenters. The van der Waals surface area contributed by atoms with E-state index >= 15 is 0 Å². The molecule has 0 aliphatic rings. The van der Waals surface area contributed by atoms with Gasteiger partial charge in [-0.2, -0.15) is 9.78 Å². The minimum absolute atomic E-state index is 0.135. The molecule has 17 heavy (non-hydrogen) atoms. The van der Waals surface area contributed by atoms with Crippen molar-refractivity contribution >= 4 is 31.3 Å². The van der Waals surface area contributed by atoms with Crippen LogP contribution in [0.1, 0.15) is 5.69 Å². The summed E-state index contributed by atoms with van der Waals surface area (Å²) in [6.07, 6.45) is 2.98. The molecule has 9 heteroatoms. The number of hydrogen-bond acceptors (Lipinski definition) is 5. The van der Waals surface area contributed by atoms with Gasteiger partial charge in [-0.3, -0.25) is 0 Å². The van der Waals surface area contributed by atoms with Gasteiger partial charge in [-0.1, -0.05) is 11.6 Å². The lowest BCUT2D eigenvalue weighted by molar-refractivity contribution is 0.609. The van der Waals surface area contributed by atoms with Gasteiger partial charge in [-0.05, 0) is 13.0 Å². The Labute approximate surface area is 107 Å². The van der Waals surface area contributed by atoms with Crippen LogP contribution in [-0.4, -0.2) is 28.2 Å². The molecule has 0 saturated carbocycles. The summed E-state index contributed by atoms with van der Waals surface area (Å²) in [5.41, 5.74) is 0.192. The Hall–Kier alpha value is -1.18. The molecule has 0 saturated heterocycles. The van der Waals surface area contributed by atoms with E-state index in [4.69, 9.17) is 22.3 Å². The topological polar surface area (TPSA) is 77.7 Å². The lowest BCUT2D eigenvalue weighted by atomic mass is 10.5. The average molecular weight is 293 g/mol. The molecule has 6 nitrogen and oxygen atoms in total. The predicted octanol–water partition coefficient (Wildman–Crippen LogP) is 1.55. The van der Waals surface area contributed by atoms with Crippen LogP contribution in [0.3, 0.4) is 0 Å². The van der Waals surface area contributed by atoms with Crippen LogP contribution in [0, 0.1) is 6.92 Å². The first kappa shape index (κ1) is 12.3. The highest BCUT2D eigenvalue weighted by molar-refractivity contribution is 8.13. The highest BCUT2D eigenvalue weighted by Crippen LogP contribution is 2.28. The van der Waals surface area contributed by atoms with E-state index in [0.717, 1.165) is 4.68 Å². The van der Waals surface area contributed by atoms with Crippen LogP contribution in [0.2, 0.25) is 5.15 Å². The van der Waals surface area contributed by atoms with Crippen LogP contribution < -0.4 is 0 Å². The Balaban J connectivity index is 2.69. The molecule has 2 rings (SSSR count). The lowest BCUT2D eigenvalue weighted by Gasteiger charge is -1.99. The summed E-state index contributed by atoms with van der Waals surface area (Å²) >= 11 is 5.91. The first-order valence-corrected chi connectivity index (χ1v) is 7.07. The van der Waals surface area contributed by atoms with E-state index in [1.807, 2.05) is 0 Å². The minimum atomic E-state index is -3.95. The third-order valence-electron chi connectivity index (χ3n) is 1.94. The summed E-state index contributed by atoms with van der Waals surface area (Å²) in [5, 5.41) is 3.81. The Morgan fingerprint density at radius 1 is 1.29 bits per heavy atom. The van der Waals surface area contributed by atoms with Crippen molar-refractivity contribution in [3.05, 3.63) is 29.3 Å². The molecule has 2 heterocycles. The highest BCUT2D eigenvalue weighted by atomic mass is 35.7. The summed E-state index contributed by atoms with van der Waals surface area (Å²) in [6.45, 7) is 1.49. The van der Waals surface area contributed by atoms with Crippen LogP contribution in [0.25, 0.3) is 5.95 Å². The first-order chi connectivity index (χ1) is 7.91. The van der Waals surface area contributed by atoms with Crippen LogP contribution in [-0.2, 0) is 9.05 Å². The van der Waals surface area contributed by atoms with Gasteiger partial charge in [-0.25, -0.2) is 18.4 Å². The van der Waals surface area contributed by atoms with Gasteiger partial charge >= 0.3 is 0 Å². The van der Waals surface area contributed by atoms with Crippen molar-refractivity contribution in [2.24, 2.45) is 0 Å². The van der Waals surface area contributed by atoms with Crippen molar-refractivity contribution in [2.75, 3.05) is 0 Å². The smallest absolute Gasteiger partial charge is 0.220 e. The number of aryl methyl sites for hydroxylation is 1. The van der Waals surface area contributed by atoms with Crippen molar-refractivity contribution in [3.63, 3.8) is 0 Å². The minimum Gasteiger partial charge on any atom is -0.220 e. The van der Waals surface area contributed by atoms with Crippen molar-refractivity contribution in [1.29, 1.82) is 0 Å². The second-order valence-corrected chi connectivity index (χ2v) is 5.96. The zero-order valence-electron chi connectivity index (χ0n) is 8.50. The van der Waals surface area contributed by atoms with Crippen molar-refractivity contribution in [1.82, 2.24) is 19.7 Å². The van der Waals surface area contributed by atoms with Crippen LogP contribution in [0.4, 0.5) is 0 Å². The monoisotopic (exact) mass is 292 g/mol. The van der Waals surface area contributed by atoms with Gasteiger partial charge < -0.3 is 0 Å². The zero-order chi connectivity index (χ0) is 12.6. The molecule has 0 fully saturated rings. The van der Waals surface area contributed by atoms with E-state index in [9.17, 15) is 8.42 Å². The number of halogens is 2. The third-order valence-corrected chi connectivity index (χ3v) is 3.84. The van der Waals surface area contributed by atoms with E-state index in [1.165, 1.54) is 19.3 Å². The summed E-state index contributed by atoms with van der Waals surface area (Å²) in [6, 6.07) is 1.62. The van der Waals surface area contributed by atoms with Gasteiger partial charge in [0.2, 0.25) is 0 Å². The summed E-state index contributed by atoms with van der Waals surface area (Å²) in [4.78, 5) is 7.60. The molecule has 2 aromatic rings. The quantitative estimate of drug-likeness (QED) is 0.785. The van der Waals surface area contributed by atoms with Crippen molar-refractivity contribution in [2.45, 2.75) is 11.8 Å². The Morgan fingerprint density at radius 2 is 1.88 bits per heavy atom.